The van der Waals surface area contributed by atoms with Crippen molar-refractivity contribution in [2.45, 2.75) is 65.2 Å². The van der Waals surface area contributed by atoms with Crippen LogP contribution in [0.1, 0.15) is 63.0 Å². The van der Waals surface area contributed by atoms with E-state index in [1.165, 1.54) is 6.42 Å². The van der Waals surface area contributed by atoms with Crippen LogP contribution >= 0.6 is 22.9 Å². The number of aromatic nitrogens is 3. The van der Waals surface area contributed by atoms with Gasteiger partial charge in [0.1, 0.15) is 10.8 Å². The lowest BCUT2D eigenvalue weighted by Gasteiger charge is -2.20. The Bertz CT molecular complexity index is 2210. The van der Waals surface area contributed by atoms with Crippen LogP contribution in [0.4, 0.5) is 5.82 Å². The second-order valence-corrected chi connectivity index (χ2v) is 14.5. The van der Waals surface area contributed by atoms with Gasteiger partial charge in [0.25, 0.3) is 0 Å². The van der Waals surface area contributed by atoms with Gasteiger partial charge in [0.15, 0.2) is 0 Å². The first-order chi connectivity index (χ1) is 24.9. The average Bonchev–Trinajstić information content (AvgIpc) is 3.58. The van der Waals surface area contributed by atoms with E-state index in [2.05, 4.69) is 18.3 Å². The maximum absolute atomic E-state index is 12.9. The van der Waals surface area contributed by atoms with Crippen LogP contribution in [0.5, 0.6) is 0 Å². The van der Waals surface area contributed by atoms with Crippen LogP contribution in [0.15, 0.2) is 79.0 Å². The maximum Gasteiger partial charge on any atom is 0.346 e. The molecule has 3 aromatic heterocycles. The summed E-state index contributed by atoms with van der Waals surface area (Å²) < 4.78 is 0.967. The summed E-state index contributed by atoms with van der Waals surface area (Å²) in [4.78, 5) is 50.5. The average molecular weight is 719 g/mol. The quantitative estimate of drug-likeness (QED) is 0.0808. The molecule has 260 valence electrons. The monoisotopic (exact) mass is 718 g/mol. The van der Waals surface area contributed by atoms with Crippen molar-refractivity contribution < 1.29 is 19.4 Å². The Morgan fingerprint density at radius 3 is 2.51 bits per heavy atom. The topological polar surface area (TPSA) is 103 Å². The van der Waals surface area contributed by atoms with Crippen molar-refractivity contribution in [2.24, 2.45) is 5.92 Å². The number of hydrogen-bond donors (Lipinski definition) is 1. The maximum atomic E-state index is 12.9. The molecular formula is C41H39ClN4O4S. The van der Waals surface area contributed by atoms with Crippen LogP contribution in [-0.2, 0) is 25.8 Å². The van der Waals surface area contributed by atoms with Gasteiger partial charge in [0.2, 0.25) is 5.91 Å². The van der Waals surface area contributed by atoms with Gasteiger partial charge < -0.3 is 5.32 Å². The van der Waals surface area contributed by atoms with E-state index in [-0.39, 0.29) is 18.2 Å². The number of carbonyl (C=O) groups excluding carboxylic acids is 2. The van der Waals surface area contributed by atoms with E-state index >= 15 is 0 Å². The number of aryl methyl sites for hydroxylation is 1. The van der Waals surface area contributed by atoms with Gasteiger partial charge in [-0.1, -0.05) is 62.4 Å². The van der Waals surface area contributed by atoms with Gasteiger partial charge in [-0.05, 0) is 97.5 Å². The summed E-state index contributed by atoms with van der Waals surface area (Å²) in [6.07, 6.45) is 8.94. The molecule has 8 nitrogen and oxygen atoms in total. The number of anilines is 1. The minimum absolute atomic E-state index is 0.0592. The number of thiazole rings is 1. The van der Waals surface area contributed by atoms with E-state index in [4.69, 9.17) is 36.3 Å². The number of benzene rings is 3. The molecule has 3 heterocycles. The second kappa shape index (κ2) is 15.7. The fourth-order valence-electron chi connectivity index (χ4n) is 6.66. The SMILES string of the molecule is CCCCOOC(=O)Cc1c(C)cc2nc(-c3ccnc(-c4ccc5nc(NC(=O)C6CCCCC6)ccc5c4)c3)sc2c1-c1ccc(Cl)cc1. The molecule has 1 fully saturated rings. The van der Waals surface area contributed by atoms with Gasteiger partial charge in [-0.3, -0.25) is 14.7 Å². The van der Waals surface area contributed by atoms with Gasteiger partial charge in [0.05, 0.1) is 34.5 Å². The molecule has 7 rings (SSSR count). The zero-order chi connectivity index (χ0) is 35.3. The Hall–Kier alpha value is -4.70. The lowest BCUT2D eigenvalue weighted by Crippen LogP contribution is -2.25. The summed E-state index contributed by atoms with van der Waals surface area (Å²) in [7, 11) is 0. The number of amides is 1. The normalized spacial score (nSPS) is 13.5. The van der Waals surface area contributed by atoms with Crippen molar-refractivity contribution in [3.05, 3.63) is 95.1 Å². The van der Waals surface area contributed by atoms with Crippen LogP contribution in [-0.4, -0.2) is 33.4 Å². The van der Waals surface area contributed by atoms with Crippen LogP contribution in [0.25, 0.3) is 54.1 Å². The molecule has 0 aliphatic heterocycles. The number of nitrogens with zero attached hydrogens (tertiary/aromatic N) is 3. The molecule has 0 bridgehead atoms. The van der Waals surface area contributed by atoms with Crippen molar-refractivity contribution in [1.29, 1.82) is 0 Å². The fourth-order valence-corrected chi connectivity index (χ4v) is 7.92. The number of unbranched alkanes of at least 4 members (excludes halogenated alkanes) is 1. The lowest BCUT2D eigenvalue weighted by molar-refractivity contribution is -0.272. The van der Waals surface area contributed by atoms with Crippen LogP contribution < -0.4 is 5.32 Å². The minimum atomic E-state index is -0.446. The molecule has 1 aliphatic rings. The largest absolute Gasteiger partial charge is 0.346 e. The van der Waals surface area contributed by atoms with E-state index in [9.17, 15) is 9.59 Å². The van der Waals surface area contributed by atoms with Crippen molar-refractivity contribution >= 4 is 61.8 Å². The number of fused-ring (bicyclic) bond motifs is 2. The minimum Gasteiger partial charge on any atom is -0.310 e. The molecule has 3 aromatic carbocycles. The summed E-state index contributed by atoms with van der Waals surface area (Å²) in [6, 6.07) is 23.6. The predicted octanol–water partition coefficient (Wildman–Crippen LogP) is 10.5. The first kappa shape index (κ1) is 34.7. The Morgan fingerprint density at radius 2 is 1.71 bits per heavy atom. The number of pyridine rings is 2. The predicted molar refractivity (Wildman–Crippen MR) is 205 cm³/mol. The van der Waals surface area contributed by atoms with E-state index < -0.39 is 5.97 Å². The highest BCUT2D eigenvalue weighted by molar-refractivity contribution is 7.22. The van der Waals surface area contributed by atoms with Gasteiger partial charge in [0, 0.05) is 39.2 Å². The lowest BCUT2D eigenvalue weighted by atomic mass is 9.89. The summed E-state index contributed by atoms with van der Waals surface area (Å²) in [6.45, 7) is 4.41. The first-order valence-electron chi connectivity index (χ1n) is 17.6. The third kappa shape index (κ3) is 7.96. The number of hydrogen-bond acceptors (Lipinski definition) is 8. The summed E-state index contributed by atoms with van der Waals surface area (Å²) in [5.74, 6) is 0.269. The molecule has 51 heavy (non-hydrogen) atoms. The van der Waals surface area contributed by atoms with Gasteiger partial charge in [-0.2, -0.15) is 4.89 Å². The van der Waals surface area contributed by atoms with Crippen LogP contribution in [0.2, 0.25) is 5.02 Å². The van der Waals surface area contributed by atoms with E-state index in [0.29, 0.717) is 17.4 Å². The third-order valence-electron chi connectivity index (χ3n) is 9.42. The molecule has 0 radical (unpaired) electrons. The Balaban J connectivity index is 1.18. The molecule has 0 atom stereocenters. The molecule has 0 saturated heterocycles. The smallest absolute Gasteiger partial charge is 0.310 e. The summed E-state index contributed by atoms with van der Waals surface area (Å²) in [5.41, 5.74) is 8.01. The molecule has 1 N–H and O–H groups in total. The highest BCUT2D eigenvalue weighted by Gasteiger charge is 2.23. The molecular weight excluding hydrogens is 680 g/mol. The van der Waals surface area contributed by atoms with E-state index in [0.717, 1.165) is 104 Å². The molecule has 1 saturated carbocycles. The number of rotatable bonds is 11. The highest BCUT2D eigenvalue weighted by atomic mass is 35.5. The highest BCUT2D eigenvalue weighted by Crippen LogP contribution is 2.41. The Labute approximate surface area is 306 Å². The van der Waals surface area contributed by atoms with Crippen molar-refractivity contribution in [3.8, 4) is 33.0 Å². The molecule has 0 unspecified atom stereocenters. The Morgan fingerprint density at radius 1 is 0.902 bits per heavy atom. The van der Waals surface area contributed by atoms with Crippen molar-refractivity contribution in [3.63, 3.8) is 0 Å². The Kier molecular flexibility index (Phi) is 10.7. The summed E-state index contributed by atoms with van der Waals surface area (Å²) >= 11 is 7.84. The third-order valence-corrected chi connectivity index (χ3v) is 10.8. The number of nitrogens with one attached hydrogen (secondary N) is 1. The van der Waals surface area contributed by atoms with E-state index in [1.807, 2.05) is 73.7 Å². The zero-order valence-corrected chi connectivity index (χ0v) is 30.3. The molecule has 6 aromatic rings. The molecule has 1 amide bonds. The van der Waals surface area contributed by atoms with Gasteiger partial charge >= 0.3 is 5.97 Å². The van der Waals surface area contributed by atoms with Crippen LogP contribution in [0, 0.1) is 12.8 Å². The van der Waals surface area contributed by atoms with Gasteiger partial charge in [-0.15, -0.1) is 11.3 Å². The number of carbonyl (C=O) groups is 2. The van der Waals surface area contributed by atoms with Crippen molar-refractivity contribution in [1.82, 2.24) is 15.0 Å². The second-order valence-electron chi connectivity index (χ2n) is 13.1. The van der Waals surface area contributed by atoms with E-state index in [1.54, 1.807) is 17.5 Å². The van der Waals surface area contributed by atoms with Gasteiger partial charge in [-0.25, -0.2) is 14.8 Å². The zero-order valence-electron chi connectivity index (χ0n) is 28.7. The standard InChI is InChI=1S/C41H39ClN4O4S/c1-3-4-20-49-50-37(47)24-32-25(2)21-35-39(38(32)26-10-14-31(42)15-11-26)51-41(45-35)30-18-19-43-34(23-30)29-12-16-33-28(22-29)13-17-36(44-33)46-40(48)27-8-6-5-7-9-27/h10-19,21-23,27H,3-9,20,24H2,1-2H3,(H,44,46,48). The fraction of sp³-hybridized carbons (Fsp3) is 0.293. The molecule has 10 heteroatoms. The molecule has 1 aliphatic carbocycles. The van der Waals surface area contributed by atoms with Crippen molar-refractivity contribution in [2.75, 3.05) is 11.9 Å². The first-order valence-corrected chi connectivity index (χ1v) is 18.8. The summed E-state index contributed by atoms with van der Waals surface area (Å²) in [5, 5.41) is 5.46. The molecule has 0 spiro atoms. The van der Waals surface area contributed by atoms with Crippen LogP contribution in [0.3, 0.4) is 0 Å². The number of halogens is 1.